The summed E-state index contributed by atoms with van der Waals surface area (Å²) >= 11 is 0.321. The maximum absolute atomic E-state index is 13.1. The predicted molar refractivity (Wildman–Crippen MR) is 44.6 cm³/mol. The molecule has 0 aliphatic rings. The fraction of sp³-hybridized carbons (Fsp3) is 0.571. The minimum Gasteiger partial charge on any atom is -0.330 e. The number of nitrogens with two attached hydrogens (primary N) is 1. The van der Waals surface area contributed by atoms with Gasteiger partial charge in [-0.05, 0) is 13.0 Å². The minimum absolute atomic E-state index is 0.0134. The molecule has 7 heteroatoms. The van der Waals surface area contributed by atoms with Crippen LogP contribution < -0.4 is 5.73 Å². The van der Waals surface area contributed by atoms with Crippen LogP contribution in [-0.2, 0) is 6.18 Å². The summed E-state index contributed by atoms with van der Waals surface area (Å²) in [5, 5.41) is -1.02. The van der Waals surface area contributed by atoms with E-state index in [1.807, 2.05) is 0 Å². The zero-order valence-electron chi connectivity index (χ0n) is 7.01. The van der Waals surface area contributed by atoms with Crippen molar-refractivity contribution in [1.29, 1.82) is 0 Å². The Kier molecular flexibility index (Phi) is 3.43. The van der Waals surface area contributed by atoms with Crippen LogP contribution in [0.3, 0.4) is 0 Å². The van der Waals surface area contributed by atoms with Crippen LogP contribution in [0, 0.1) is 0 Å². The lowest BCUT2D eigenvalue weighted by molar-refractivity contribution is -0.137. The number of hydrogen-bond acceptors (Lipinski definition) is 3. The van der Waals surface area contributed by atoms with Gasteiger partial charge in [0.2, 0.25) is 0 Å². The van der Waals surface area contributed by atoms with Gasteiger partial charge in [-0.2, -0.15) is 13.2 Å². The smallest absolute Gasteiger partial charge is 0.330 e. The maximum Gasteiger partial charge on any atom is 0.443 e. The molecule has 0 saturated heterocycles. The Balaban J connectivity index is 2.78. The first-order chi connectivity index (χ1) is 6.45. The Labute approximate surface area is 81.8 Å². The molecule has 0 aliphatic carbocycles. The molecule has 1 rings (SSSR count). The molecule has 2 nitrogen and oxygen atoms in total. The summed E-state index contributed by atoms with van der Waals surface area (Å²) in [6, 6.07) is 0. The number of rotatable bonds is 3. The minimum atomic E-state index is -4.49. The van der Waals surface area contributed by atoms with Crippen LogP contribution in [0.15, 0.2) is 6.20 Å². The highest BCUT2D eigenvalue weighted by atomic mass is 32.1. The molecule has 0 aliphatic heterocycles. The van der Waals surface area contributed by atoms with Gasteiger partial charge in [0.25, 0.3) is 0 Å². The second-order valence-corrected chi connectivity index (χ2v) is 3.67. The second-order valence-electron chi connectivity index (χ2n) is 2.61. The molecular weight excluding hydrogens is 220 g/mol. The van der Waals surface area contributed by atoms with E-state index in [-0.39, 0.29) is 17.8 Å². The molecular formula is C7H8F4N2S. The first-order valence-electron chi connectivity index (χ1n) is 3.82. The number of aromatic nitrogens is 1. The van der Waals surface area contributed by atoms with Crippen molar-refractivity contribution < 1.29 is 17.6 Å². The standard InChI is InChI=1S/C7H8F4N2S/c8-4(1-2-12)5-3-13-6(14-5)7(9,10)11/h3-4H,1-2,12H2. The Hall–Kier alpha value is -0.690. The molecule has 14 heavy (non-hydrogen) atoms. The summed E-state index contributed by atoms with van der Waals surface area (Å²) in [5.74, 6) is 0. The van der Waals surface area contributed by atoms with Crippen molar-refractivity contribution in [1.82, 2.24) is 4.98 Å². The fourth-order valence-corrected chi connectivity index (χ4v) is 1.65. The van der Waals surface area contributed by atoms with E-state index in [0.717, 1.165) is 6.20 Å². The lowest BCUT2D eigenvalue weighted by Crippen LogP contribution is -2.03. The Morgan fingerprint density at radius 2 is 2.14 bits per heavy atom. The van der Waals surface area contributed by atoms with Crippen LogP contribution in [0.1, 0.15) is 22.5 Å². The SMILES string of the molecule is NCCC(F)c1cnc(C(F)(F)F)s1. The van der Waals surface area contributed by atoms with Crippen LogP contribution >= 0.6 is 11.3 Å². The lowest BCUT2D eigenvalue weighted by atomic mass is 10.2. The van der Waals surface area contributed by atoms with Crippen molar-refractivity contribution in [2.45, 2.75) is 18.8 Å². The van der Waals surface area contributed by atoms with Gasteiger partial charge in [0.1, 0.15) is 6.17 Å². The molecule has 0 bridgehead atoms. The normalized spacial score (nSPS) is 14.4. The zero-order valence-corrected chi connectivity index (χ0v) is 7.83. The van der Waals surface area contributed by atoms with Gasteiger partial charge in [-0.25, -0.2) is 9.37 Å². The molecule has 0 aromatic carbocycles. The lowest BCUT2D eigenvalue weighted by Gasteiger charge is -2.02. The molecule has 1 heterocycles. The highest BCUT2D eigenvalue weighted by molar-refractivity contribution is 7.11. The molecule has 1 unspecified atom stereocenters. The first-order valence-corrected chi connectivity index (χ1v) is 4.64. The van der Waals surface area contributed by atoms with E-state index in [4.69, 9.17) is 5.73 Å². The molecule has 1 atom stereocenters. The molecule has 0 fully saturated rings. The monoisotopic (exact) mass is 228 g/mol. The quantitative estimate of drug-likeness (QED) is 0.807. The van der Waals surface area contributed by atoms with Crippen molar-refractivity contribution in [2.24, 2.45) is 5.73 Å². The first kappa shape index (κ1) is 11.4. The third kappa shape index (κ3) is 2.65. The third-order valence-electron chi connectivity index (χ3n) is 1.49. The van der Waals surface area contributed by atoms with Crippen molar-refractivity contribution in [3.63, 3.8) is 0 Å². The third-order valence-corrected chi connectivity index (χ3v) is 2.62. The second kappa shape index (κ2) is 4.22. The molecule has 1 aromatic heterocycles. The van der Waals surface area contributed by atoms with Gasteiger partial charge < -0.3 is 5.73 Å². The van der Waals surface area contributed by atoms with Gasteiger partial charge >= 0.3 is 6.18 Å². The Morgan fingerprint density at radius 3 is 2.57 bits per heavy atom. The average molecular weight is 228 g/mol. The molecule has 2 N–H and O–H groups in total. The van der Waals surface area contributed by atoms with E-state index in [1.54, 1.807) is 0 Å². The number of nitrogens with zero attached hydrogens (tertiary/aromatic N) is 1. The van der Waals surface area contributed by atoms with Gasteiger partial charge in [-0.1, -0.05) is 0 Å². The summed E-state index contributed by atoms with van der Waals surface area (Å²) in [6.45, 7) is 0.0976. The molecule has 1 aromatic rings. The maximum atomic E-state index is 13.1. The zero-order chi connectivity index (χ0) is 10.8. The summed E-state index contributed by atoms with van der Waals surface area (Å²) in [4.78, 5) is 3.08. The van der Waals surface area contributed by atoms with Crippen LogP contribution in [0.25, 0.3) is 0 Å². The van der Waals surface area contributed by atoms with Crippen molar-refractivity contribution in [2.75, 3.05) is 6.54 Å². The number of thiazole rings is 1. The van der Waals surface area contributed by atoms with Gasteiger partial charge in [0, 0.05) is 6.20 Å². The van der Waals surface area contributed by atoms with E-state index in [1.165, 1.54) is 0 Å². The number of hydrogen-bond donors (Lipinski definition) is 1. The molecule has 0 amide bonds. The van der Waals surface area contributed by atoms with Crippen molar-refractivity contribution in [3.8, 4) is 0 Å². The topological polar surface area (TPSA) is 38.9 Å². The summed E-state index contributed by atoms with van der Waals surface area (Å²) in [5.41, 5.74) is 5.08. The number of halogens is 4. The molecule has 0 saturated carbocycles. The fourth-order valence-electron chi connectivity index (χ4n) is 0.851. The van der Waals surface area contributed by atoms with E-state index in [9.17, 15) is 17.6 Å². The van der Waals surface area contributed by atoms with Gasteiger partial charge in [0.15, 0.2) is 5.01 Å². The van der Waals surface area contributed by atoms with E-state index in [2.05, 4.69) is 4.98 Å². The molecule has 80 valence electrons. The van der Waals surface area contributed by atoms with Crippen LogP contribution in [0.4, 0.5) is 17.6 Å². The largest absolute Gasteiger partial charge is 0.443 e. The summed E-state index contributed by atoms with van der Waals surface area (Å²) in [6.07, 6.45) is -5.02. The molecule has 0 spiro atoms. The number of alkyl halides is 4. The Morgan fingerprint density at radius 1 is 1.50 bits per heavy atom. The van der Waals surface area contributed by atoms with E-state index in [0.29, 0.717) is 11.3 Å². The van der Waals surface area contributed by atoms with E-state index >= 15 is 0 Å². The van der Waals surface area contributed by atoms with Crippen LogP contribution in [0.2, 0.25) is 0 Å². The van der Waals surface area contributed by atoms with E-state index < -0.39 is 17.4 Å². The van der Waals surface area contributed by atoms with Crippen molar-refractivity contribution >= 4 is 11.3 Å². The Bertz CT molecular complexity index is 296. The molecule has 0 radical (unpaired) electrons. The predicted octanol–water partition coefficient (Wildman–Crippen LogP) is 2.52. The highest BCUT2D eigenvalue weighted by Gasteiger charge is 2.35. The van der Waals surface area contributed by atoms with Gasteiger partial charge in [0.05, 0.1) is 4.88 Å². The van der Waals surface area contributed by atoms with Crippen molar-refractivity contribution in [3.05, 3.63) is 16.1 Å². The highest BCUT2D eigenvalue weighted by Crippen LogP contribution is 2.35. The van der Waals surface area contributed by atoms with Gasteiger partial charge in [-0.3, -0.25) is 0 Å². The summed E-state index contributed by atoms with van der Waals surface area (Å²) < 4.78 is 49.2. The van der Waals surface area contributed by atoms with Crippen LogP contribution in [0.5, 0.6) is 0 Å². The average Bonchev–Trinajstić information content (AvgIpc) is 2.51. The summed E-state index contributed by atoms with van der Waals surface area (Å²) in [7, 11) is 0. The van der Waals surface area contributed by atoms with Gasteiger partial charge in [-0.15, -0.1) is 11.3 Å². The van der Waals surface area contributed by atoms with Crippen LogP contribution in [-0.4, -0.2) is 11.5 Å².